The van der Waals surface area contributed by atoms with Crippen LogP contribution in [0, 0.1) is 17.8 Å². The van der Waals surface area contributed by atoms with E-state index in [4.69, 9.17) is 4.74 Å². The predicted octanol–water partition coefficient (Wildman–Crippen LogP) is 0.655. The highest BCUT2D eigenvalue weighted by Gasteiger charge is 2.51. The van der Waals surface area contributed by atoms with Crippen LogP contribution in [-0.4, -0.2) is 59.0 Å². The molecule has 3 N–H and O–H groups in total. The fourth-order valence-corrected chi connectivity index (χ4v) is 5.98. The molecule has 0 aromatic rings. The van der Waals surface area contributed by atoms with Crippen molar-refractivity contribution in [1.82, 2.24) is 20.9 Å². The van der Waals surface area contributed by atoms with Gasteiger partial charge in [0.05, 0.1) is 0 Å². The van der Waals surface area contributed by atoms with Gasteiger partial charge < -0.3 is 15.4 Å². The molecule has 10 nitrogen and oxygen atoms in total. The smallest absolute Gasteiger partial charge is 0.326 e. The molecule has 4 bridgehead atoms. The van der Waals surface area contributed by atoms with Crippen LogP contribution in [0.2, 0.25) is 0 Å². The maximum Gasteiger partial charge on any atom is 0.326 e. The molecule has 4 saturated carbocycles. The number of rotatable bonds is 5. The van der Waals surface area contributed by atoms with E-state index in [0.717, 1.165) is 24.2 Å². The maximum absolute atomic E-state index is 12.3. The Kier molecular flexibility index (Phi) is 4.98. The van der Waals surface area contributed by atoms with Crippen molar-refractivity contribution in [2.24, 2.45) is 17.8 Å². The summed E-state index contributed by atoms with van der Waals surface area (Å²) < 4.78 is 4.82. The molecular weight excluding hydrogens is 392 g/mol. The second-order valence-electron chi connectivity index (χ2n) is 9.81. The Hall–Kier alpha value is -2.65. The monoisotopic (exact) mass is 420 g/mol. The van der Waals surface area contributed by atoms with Crippen LogP contribution in [0.4, 0.5) is 9.59 Å². The summed E-state index contributed by atoms with van der Waals surface area (Å²) in [5.74, 6) is -0.254. The van der Waals surface area contributed by atoms with Gasteiger partial charge in [0.1, 0.15) is 12.1 Å². The van der Waals surface area contributed by atoms with Crippen LogP contribution in [-0.2, 0) is 19.1 Å². The third-order valence-corrected chi connectivity index (χ3v) is 6.77. The number of nitrogens with zero attached hydrogens (tertiary/aromatic N) is 1. The van der Waals surface area contributed by atoms with E-state index in [9.17, 15) is 24.0 Å². The molecule has 30 heavy (non-hydrogen) atoms. The second kappa shape index (κ2) is 7.24. The normalized spacial score (nSPS) is 33.3. The second-order valence-corrected chi connectivity index (χ2v) is 9.81. The lowest BCUT2D eigenvalue weighted by molar-refractivity contribution is -0.150. The highest BCUT2D eigenvalue weighted by atomic mass is 16.5. The predicted molar refractivity (Wildman–Crippen MR) is 103 cm³/mol. The number of carbonyl (C=O) groups excluding carboxylic acids is 5. The Morgan fingerprint density at radius 2 is 1.63 bits per heavy atom. The summed E-state index contributed by atoms with van der Waals surface area (Å²) in [4.78, 5) is 60.8. The van der Waals surface area contributed by atoms with Gasteiger partial charge in [0.2, 0.25) is 0 Å². The van der Waals surface area contributed by atoms with Crippen LogP contribution >= 0.6 is 0 Å². The minimum Gasteiger partial charge on any atom is -0.454 e. The molecule has 5 rings (SSSR count). The molecule has 6 amide bonds. The first kappa shape index (κ1) is 20.6. The van der Waals surface area contributed by atoms with E-state index < -0.39 is 48.5 Å². The first-order valence-electron chi connectivity index (χ1n) is 10.5. The van der Waals surface area contributed by atoms with Gasteiger partial charge in [-0.2, -0.15) is 0 Å². The van der Waals surface area contributed by atoms with Crippen LogP contribution in [0.1, 0.15) is 52.4 Å². The zero-order chi connectivity index (χ0) is 21.7. The highest BCUT2D eigenvalue weighted by molar-refractivity contribution is 6.08. The van der Waals surface area contributed by atoms with Crippen molar-refractivity contribution in [2.45, 2.75) is 63.5 Å². The van der Waals surface area contributed by atoms with E-state index in [2.05, 4.69) is 16.0 Å². The first-order valence-corrected chi connectivity index (χ1v) is 10.5. The summed E-state index contributed by atoms with van der Waals surface area (Å²) in [5.41, 5.74) is -1.32. The van der Waals surface area contributed by atoms with Gasteiger partial charge >= 0.3 is 18.0 Å². The molecule has 0 atom stereocenters. The summed E-state index contributed by atoms with van der Waals surface area (Å²) in [5, 5.41) is 7.66. The van der Waals surface area contributed by atoms with E-state index in [-0.39, 0.29) is 5.54 Å². The van der Waals surface area contributed by atoms with Gasteiger partial charge in [-0.25, -0.2) is 9.59 Å². The summed E-state index contributed by atoms with van der Waals surface area (Å²) in [6.45, 7) is 1.78. The minimum absolute atomic E-state index is 0.230. The van der Waals surface area contributed by atoms with Gasteiger partial charge in [0, 0.05) is 5.54 Å². The summed E-state index contributed by atoms with van der Waals surface area (Å²) in [6, 6.07) is -1.27. The molecule has 5 aliphatic rings. The molecule has 10 heteroatoms. The Morgan fingerprint density at radius 1 is 1.07 bits per heavy atom. The molecule has 0 spiro atoms. The molecule has 0 aromatic heterocycles. The van der Waals surface area contributed by atoms with Crippen molar-refractivity contribution in [2.75, 3.05) is 13.2 Å². The van der Waals surface area contributed by atoms with Gasteiger partial charge in [0.25, 0.3) is 11.8 Å². The number of ether oxygens (including phenoxy) is 1. The fraction of sp³-hybridized carbons (Fsp3) is 0.750. The lowest BCUT2D eigenvalue weighted by Crippen LogP contribution is -2.62. The number of imide groups is 2. The van der Waals surface area contributed by atoms with Crippen molar-refractivity contribution < 1.29 is 28.7 Å². The lowest BCUT2D eigenvalue weighted by atomic mass is 9.53. The molecule has 1 heterocycles. The van der Waals surface area contributed by atoms with Crippen molar-refractivity contribution in [3.8, 4) is 0 Å². The standard InChI is InChI=1S/C20H28N4O6/c1-19(2)16(27)24(18(29)23-19)9-15(26)30-10-14(25)21-17(28)22-20-6-11-3-12(7-20)5-13(4-11)8-20/h11-13H,3-10H2,1-2H3,(H,23,29)(H2,21,22,25,28). The number of carbonyl (C=O) groups is 5. The van der Waals surface area contributed by atoms with Gasteiger partial charge in [-0.05, 0) is 70.1 Å². The van der Waals surface area contributed by atoms with Crippen LogP contribution in [0.25, 0.3) is 0 Å². The zero-order valence-electron chi connectivity index (χ0n) is 17.3. The average Bonchev–Trinajstić information content (AvgIpc) is 2.80. The third-order valence-electron chi connectivity index (χ3n) is 6.77. The molecular formula is C20H28N4O6. The van der Waals surface area contributed by atoms with Crippen LogP contribution < -0.4 is 16.0 Å². The lowest BCUT2D eigenvalue weighted by Gasteiger charge is -2.56. The number of esters is 1. The molecule has 1 saturated heterocycles. The van der Waals surface area contributed by atoms with Crippen LogP contribution in [0.5, 0.6) is 0 Å². The molecule has 0 unspecified atom stereocenters. The average molecular weight is 420 g/mol. The van der Waals surface area contributed by atoms with E-state index in [0.29, 0.717) is 17.8 Å². The number of urea groups is 2. The summed E-state index contributed by atoms with van der Waals surface area (Å²) >= 11 is 0. The maximum atomic E-state index is 12.3. The van der Waals surface area contributed by atoms with Crippen LogP contribution in [0.3, 0.4) is 0 Å². The Bertz CT molecular complexity index is 772. The Labute approximate surface area is 174 Å². The SMILES string of the molecule is CC1(C)NC(=O)N(CC(=O)OCC(=O)NC(=O)NC23CC4CC(CC(C4)C2)C3)C1=O. The molecule has 1 aliphatic heterocycles. The Balaban J connectivity index is 1.21. The fourth-order valence-electron chi connectivity index (χ4n) is 5.98. The first-order chi connectivity index (χ1) is 14.1. The van der Waals surface area contributed by atoms with Gasteiger partial charge in [-0.15, -0.1) is 0 Å². The van der Waals surface area contributed by atoms with Gasteiger partial charge in [-0.1, -0.05) is 0 Å². The van der Waals surface area contributed by atoms with E-state index >= 15 is 0 Å². The Morgan fingerprint density at radius 3 is 2.13 bits per heavy atom. The topological polar surface area (TPSA) is 134 Å². The molecule has 164 valence electrons. The largest absolute Gasteiger partial charge is 0.454 e. The zero-order valence-corrected chi connectivity index (χ0v) is 17.3. The summed E-state index contributed by atoms with van der Waals surface area (Å²) in [7, 11) is 0. The van der Waals surface area contributed by atoms with Crippen LogP contribution in [0.15, 0.2) is 0 Å². The quantitative estimate of drug-likeness (QED) is 0.442. The van der Waals surface area contributed by atoms with Gasteiger partial charge in [0.15, 0.2) is 6.61 Å². The number of hydrogen-bond acceptors (Lipinski definition) is 6. The molecule has 4 aliphatic carbocycles. The van der Waals surface area contributed by atoms with E-state index in [1.807, 2.05) is 0 Å². The van der Waals surface area contributed by atoms with Crippen molar-refractivity contribution in [1.29, 1.82) is 0 Å². The number of hydrogen-bond donors (Lipinski definition) is 3. The number of nitrogens with one attached hydrogen (secondary N) is 3. The van der Waals surface area contributed by atoms with Crippen molar-refractivity contribution in [3.63, 3.8) is 0 Å². The molecule has 0 aromatic carbocycles. The number of amides is 6. The molecule has 0 radical (unpaired) electrons. The summed E-state index contributed by atoms with van der Waals surface area (Å²) in [6.07, 6.45) is 6.60. The third kappa shape index (κ3) is 3.99. The van der Waals surface area contributed by atoms with Crippen molar-refractivity contribution in [3.05, 3.63) is 0 Å². The van der Waals surface area contributed by atoms with Crippen molar-refractivity contribution >= 4 is 29.8 Å². The highest BCUT2D eigenvalue weighted by Crippen LogP contribution is 2.55. The van der Waals surface area contributed by atoms with E-state index in [1.165, 1.54) is 33.1 Å². The van der Waals surface area contributed by atoms with E-state index in [1.54, 1.807) is 0 Å². The molecule has 5 fully saturated rings. The minimum atomic E-state index is -1.09. The van der Waals surface area contributed by atoms with Gasteiger partial charge in [-0.3, -0.25) is 24.6 Å².